The molecular weight excluding hydrogens is 212 g/mol. The van der Waals surface area contributed by atoms with E-state index in [0.717, 1.165) is 36.5 Å². The number of aryl methyl sites for hydroxylation is 2. The van der Waals surface area contributed by atoms with E-state index in [1.54, 1.807) is 0 Å². The minimum absolute atomic E-state index is 0.125. The van der Waals surface area contributed by atoms with Gasteiger partial charge < -0.3 is 10.4 Å². The van der Waals surface area contributed by atoms with E-state index >= 15 is 0 Å². The number of aliphatic hydroxyl groups excluding tert-OH is 1. The van der Waals surface area contributed by atoms with Gasteiger partial charge in [-0.3, -0.25) is 4.98 Å². The number of nitrogens with one attached hydrogen (secondary N) is 1. The number of hydrogen-bond acceptors (Lipinski definition) is 3. The number of aromatic nitrogens is 1. The van der Waals surface area contributed by atoms with Crippen LogP contribution in [0.4, 0.5) is 5.69 Å². The van der Waals surface area contributed by atoms with Crippen LogP contribution in [0, 0.1) is 19.8 Å². The largest absolute Gasteiger partial charge is 0.393 e. The second-order valence-electron chi connectivity index (χ2n) is 5.13. The minimum Gasteiger partial charge on any atom is -0.393 e. The first kappa shape index (κ1) is 12.4. The predicted octanol–water partition coefficient (Wildman–Crippen LogP) is 2.66. The average Bonchev–Trinajstić information content (AvgIpc) is 2.27. The summed E-state index contributed by atoms with van der Waals surface area (Å²) >= 11 is 0. The maximum atomic E-state index is 9.90. The number of pyridine rings is 1. The SMILES string of the molecule is Cc1cc(NCC2CCCCC2O)cc(C)n1. The normalized spacial score (nSPS) is 24.6. The van der Waals surface area contributed by atoms with Crippen LogP contribution < -0.4 is 5.32 Å². The Morgan fingerprint density at radius 2 is 1.88 bits per heavy atom. The van der Waals surface area contributed by atoms with Crippen molar-refractivity contribution >= 4 is 5.69 Å². The third-order valence-electron chi connectivity index (χ3n) is 3.52. The first-order valence-electron chi connectivity index (χ1n) is 6.52. The molecule has 2 N–H and O–H groups in total. The van der Waals surface area contributed by atoms with E-state index in [1.165, 1.54) is 12.8 Å². The van der Waals surface area contributed by atoms with Crippen LogP contribution in [0.25, 0.3) is 0 Å². The van der Waals surface area contributed by atoms with Gasteiger partial charge in [0, 0.05) is 29.5 Å². The van der Waals surface area contributed by atoms with Crippen molar-refractivity contribution in [1.29, 1.82) is 0 Å². The molecule has 3 heteroatoms. The molecule has 3 nitrogen and oxygen atoms in total. The molecule has 2 unspecified atom stereocenters. The first-order chi connectivity index (χ1) is 8.15. The standard InChI is InChI=1S/C14H22N2O/c1-10-7-13(8-11(2)16-10)15-9-12-5-3-4-6-14(12)17/h7-8,12,14,17H,3-6,9H2,1-2H3,(H,15,16). The Morgan fingerprint density at radius 3 is 2.53 bits per heavy atom. The predicted molar refractivity (Wildman–Crippen MR) is 70.2 cm³/mol. The lowest BCUT2D eigenvalue weighted by molar-refractivity contribution is 0.0763. The zero-order valence-corrected chi connectivity index (χ0v) is 10.7. The zero-order chi connectivity index (χ0) is 12.3. The number of hydrogen-bond donors (Lipinski definition) is 2. The number of rotatable bonds is 3. The molecule has 0 saturated heterocycles. The Hall–Kier alpha value is -1.09. The lowest BCUT2D eigenvalue weighted by Crippen LogP contribution is -2.30. The second-order valence-corrected chi connectivity index (χ2v) is 5.13. The van der Waals surface area contributed by atoms with Crippen LogP contribution >= 0.6 is 0 Å². The molecule has 0 amide bonds. The van der Waals surface area contributed by atoms with Gasteiger partial charge in [-0.15, -0.1) is 0 Å². The molecule has 0 bridgehead atoms. The summed E-state index contributed by atoms with van der Waals surface area (Å²) < 4.78 is 0. The Labute approximate surface area is 103 Å². The van der Waals surface area contributed by atoms with Crippen LogP contribution in [0.3, 0.4) is 0 Å². The van der Waals surface area contributed by atoms with Crippen molar-refractivity contribution in [3.63, 3.8) is 0 Å². The van der Waals surface area contributed by atoms with E-state index in [1.807, 2.05) is 13.8 Å². The molecule has 1 aliphatic carbocycles. The van der Waals surface area contributed by atoms with Crippen molar-refractivity contribution in [2.24, 2.45) is 5.92 Å². The van der Waals surface area contributed by atoms with Crippen LogP contribution in [0.1, 0.15) is 37.1 Å². The van der Waals surface area contributed by atoms with Crippen molar-refractivity contribution in [3.8, 4) is 0 Å². The van der Waals surface area contributed by atoms with Crippen LogP contribution in [0.15, 0.2) is 12.1 Å². The molecule has 1 aromatic heterocycles. The quantitative estimate of drug-likeness (QED) is 0.845. The fraction of sp³-hybridized carbons (Fsp3) is 0.643. The smallest absolute Gasteiger partial charge is 0.0585 e. The van der Waals surface area contributed by atoms with Crippen molar-refractivity contribution in [2.45, 2.75) is 45.6 Å². The van der Waals surface area contributed by atoms with E-state index in [-0.39, 0.29) is 6.10 Å². The maximum Gasteiger partial charge on any atom is 0.0585 e. The summed E-state index contributed by atoms with van der Waals surface area (Å²) in [5.41, 5.74) is 3.20. The summed E-state index contributed by atoms with van der Waals surface area (Å²) in [4.78, 5) is 4.35. The monoisotopic (exact) mass is 234 g/mol. The molecule has 0 radical (unpaired) electrons. The molecule has 94 valence electrons. The molecule has 0 aromatic carbocycles. The number of nitrogens with zero attached hydrogens (tertiary/aromatic N) is 1. The van der Waals surface area contributed by atoms with Gasteiger partial charge in [-0.2, -0.15) is 0 Å². The lowest BCUT2D eigenvalue weighted by Gasteiger charge is -2.28. The van der Waals surface area contributed by atoms with Crippen molar-refractivity contribution in [2.75, 3.05) is 11.9 Å². The van der Waals surface area contributed by atoms with Crippen LogP contribution in [0.2, 0.25) is 0 Å². The van der Waals surface area contributed by atoms with Crippen LogP contribution in [-0.2, 0) is 0 Å². The van der Waals surface area contributed by atoms with E-state index in [0.29, 0.717) is 5.92 Å². The molecule has 2 atom stereocenters. The Kier molecular flexibility index (Phi) is 4.00. The molecule has 0 spiro atoms. The fourth-order valence-corrected chi connectivity index (χ4v) is 2.61. The summed E-state index contributed by atoms with van der Waals surface area (Å²) in [6, 6.07) is 4.12. The lowest BCUT2D eigenvalue weighted by atomic mass is 9.86. The van der Waals surface area contributed by atoms with E-state index in [4.69, 9.17) is 0 Å². The van der Waals surface area contributed by atoms with Gasteiger partial charge in [-0.1, -0.05) is 12.8 Å². The van der Waals surface area contributed by atoms with Crippen molar-refractivity contribution in [1.82, 2.24) is 4.98 Å². The number of aliphatic hydroxyl groups is 1. The Bertz CT molecular complexity index is 358. The topological polar surface area (TPSA) is 45.1 Å². The van der Waals surface area contributed by atoms with Gasteiger partial charge in [0.1, 0.15) is 0 Å². The molecule has 2 rings (SSSR count). The highest BCUT2D eigenvalue weighted by Crippen LogP contribution is 2.24. The van der Waals surface area contributed by atoms with Gasteiger partial charge in [-0.05, 0) is 38.8 Å². The minimum atomic E-state index is -0.125. The summed E-state index contributed by atoms with van der Waals surface area (Å²) in [6.07, 6.45) is 4.39. The van der Waals surface area contributed by atoms with Gasteiger partial charge in [0.2, 0.25) is 0 Å². The highest BCUT2D eigenvalue weighted by molar-refractivity contribution is 5.45. The van der Waals surface area contributed by atoms with Crippen LogP contribution in [-0.4, -0.2) is 22.7 Å². The summed E-state index contributed by atoms with van der Waals surface area (Å²) in [5.74, 6) is 0.400. The fourth-order valence-electron chi connectivity index (χ4n) is 2.61. The molecule has 0 aliphatic heterocycles. The van der Waals surface area contributed by atoms with Crippen molar-refractivity contribution in [3.05, 3.63) is 23.5 Å². The average molecular weight is 234 g/mol. The molecule has 1 heterocycles. The van der Waals surface area contributed by atoms with Gasteiger partial charge in [0.25, 0.3) is 0 Å². The summed E-state index contributed by atoms with van der Waals surface area (Å²) in [5, 5.41) is 13.3. The van der Waals surface area contributed by atoms with Crippen molar-refractivity contribution < 1.29 is 5.11 Å². The Morgan fingerprint density at radius 1 is 1.24 bits per heavy atom. The van der Waals surface area contributed by atoms with Gasteiger partial charge in [-0.25, -0.2) is 0 Å². The van der Waals surface area contributed by atoms with Gasteiger partial charge in [0.15, 0.2) is 0 Å². The van der Waals surface area contributed by atoms with E-state index in [9.17, 15) is 5.11 Å². The first-order valence-corrected chi connectivity index (χ1v) is 6.52. The summed E-state index contributed by atoms with van der Waals surface area (Å²) in [7, 11) is 0. The zero-order valence-electron chi connectivity index (χ0n) is 10.7. The molecule has 1 aromatic rings. The molecule has 1 aliphatic rings. The summed E-state index contributed by atoms with van der Waals surface area (Å²) in [6.45, 7) is 4.88. The molecular formula is C14H22N2O. The molecule has 17 heavy (non-hydrogen) atoms. The second kappa shape index (κ2) is 5.50. The van der Waals surface area contributed by atoms with E-state index < -0.39 is 0 Å². The molecule has 1 saturated carbocycles. The molecule has 1 fully saturated rings. The Balaban J connectivity index is 1.92. The highest BCUT2D eigenvalue weighted by atomic mass is 16.3. The van der Waals surface area contributed by atoms with Crippen LogP contribution in [0.5, 0.6) is 0 Å². The number of anilines is 1. The van der Waals surface area contributed by atoms with Gasteiger partial charge >= 0.3 is 0 Å². The van der Waals surface area contributed by atoms with E-state index in [2.05, 4.69) is 22.4 Å². The van der Waals surface area contributed by atoms with Gasteiger partial charge in [0.05, 0.1) is 6.10 Å². The third-order valence-corrected chi connectivity index (χ3v) is 3.52. The maximum absolute atomic E-state index is 9.90. The highest BCUT2D eigenvalue weighted by Gasteiger charge is 2.22. The third kappa shape index (κ3) is 3.43.